The van der Waals surface area contributed by atoms with E-state index in [1.807, 2.05) is 0 Å². The van der Waals surface area contributed by atoms with Crippen molar-refractivity contribution in [1.82, 2.24) is 0 Å². The summed E-state index contributed by atoms with van der Waals surface area (Å²) in [6.07, 6.45) is 14.9. The molecule has 0 aliphatic rings. The van der Waals surface area contributed by atoms with Gasteiger partial charge in [0.1, 0.15) is 6.29 Å². The third kappa shape index (κ3) is 9.79. The Morgan fingerprint density at radius 2 is 1.00 bits per heavy atom. The van der Waals surface area contributed by atoms with E-state index in [0.29, 0.717) is 35.2 Å². The Balaban J connectivity index is 1.88. The van der Waals surface area contributed by atoms with Crippen molar-refractivity contribution >= 4 is 29.2 Å². The van der Waals surface area contributed by atoms with Crippen molar-refractivity contribution in [2.24, 2.45) is 11.3 Å². The first-order valence-electron chi connectivity index (χ1n) is 14.1. The molecule has 202 valence electrons. The lowest BCUT2D eigenvalue weighted by Crippen LogP contribution is -2.41. The van der Waals surface area contributed by atoms with Crippen LogP contribution in [-0.4, -0.2) is 17.9 Å². The largest absolute Gasteiger partial charge is 0.399 e. The van der Waals surface area contributed by atoms with Crippen LogP contribution < -0.4 is 11.5 Å². The number of ketones is 2. The first kappa shape index (κ1) is 30.3. The summed E-state index contributed by atoms with van der Waals surface area (Å²) < 4.78 is 0. The molecule has 2 aromatic carbocycles. The number of hydrogen-bond acceptors (Lipinski definition) is 5. The molecule has 37 heavy (non-hydrogen) atoms. The molecule has 0 aliphatic carbocycles. The number of anilines is 2. The summed E-state index contributed by atoms with van der Waals surface area (Å²) in [5, 5.41) is 0. The molecule has 0 radical (unpaired) electrons. The average molecular weight is 507 g/mol. The summed E-state index contributed by atoms with van der Waals surface area (Å²) in [4.78, 5) is 39.5. The molecule has 5 nitrogen and oxygen atoms in total. The zero-order valence-corrected chi connectivity index (χ0v) is 22.8. The average Bonchev–Trinajstić information content (AvgIpc) is 2.89. The van der Waals surface area contributed by atoms with E-state index in [-0.39, 0.29) is 6.42 Å². The summed E-state index contributed by atoms with van der Waals surface area (Å²) in [6.45, 7) is 4.57. The Morgan fingerprint density at radius 3 is 1.35 bits per heavy atom. The van der Waals surface area contributed by atoms with E-state index in [1.54, 1.807) is 48.5 Å². The van der Waals surface area contributed by atoms with Gasteiger partial charge < -0.3 is 16.3 Å². The van der Waals surface area contributed by atoms with Crippen molar-refractivity contribution in [2.75, 3.05) is 11.5 Å². The van der Waals surface area contributed by atoms with Crippen LogP contribution >= 0.6 is 0 Å². The topological polar surface area (TPSA) is 103 Å². The van der Waals surface area contributed by atoms with Gasteiger partial charge in [-0.15, -0.1) is 0 Å². The van der Waals surface area contributed by atoms with Gasteiger partial charge >= 0.3 is 0 Å². The number of unbranched alkanes of at least 4 members (excludes halogenated alkanes) is 10. The van der Waals surface area contributed by atoms with E-state index in [2.05, 4.69) is 13.8 Å². The normalized spacial score (nSPS) is 11.5. The van der Waals surface area contributed by atoms with Crippen LogP contribution in [0.2, 0.25) is 0 Å². The summed E-state index contributed by atoms with van der Waals surface area (Å²) in [5.41, 5.74) is 11.5. The highest BCUT2D eigenvalue weighted by Crippen LogP contribution is 2.33. The van der Waals surface area contributed by atoms with Gasteiger partial charge in [0.25, 0.3) is 0 Å². The third-order valence-corrected chi connectivity index (χ3v) is 7.21. The summed E-state index contributed by atoms with van der Waals surface area (Å²) in [6, 6.07) is 12.8. The SMILES string of the molecule is CC(C)CCCCCCCCCCCCCC(C=O)(C(=O)c1ccc(N)cc1)C(=O)c1ccc(N)cc1. The highest BCUT2D eigenvalue weighted by atomic mass is 16.2. The Morgan fingerprint density at radius 1 is 0.649 bits per heavy atom. The minimum Gasteiger partial charge on any atom is -0.399 e. The fourth-order valence-electron chi connectivity index (χ4n) is 4.83. The van der Waals surface area contributed by atoms with Crippen LogP contribution in [0.4, 0.5) is 11.4 Å². The molecular formula is C32H46N2O3. The highest BCUT2D eigenvalue weighted by molar-refractivity contribution is 6.28. The molecular weight excluding hydrogens is 460 g/mol. The van der Waals surface area contributed by atoms with Crippen molar-refractivity contribution in [1.29, 1.82) is 0 Å². The number of nitrogens with two attached hydrogens (primary N) is 2. The number of Topliss-reactive ketones (excluding diaryl/α,β-unsaturated/α-hetero) is 2. The zero-order valence-electron chi connectivity index (χ0n) is 22.8. The van der Waals surface area contributed by atoms with E-state index >= 15 is 0 Å². The van der Waals surface area contributed by atoms with Gasteiger partial charge in [-0.1, -0.05) is 90.9 Å². The molecule has 0 saturated heterocycles. The zero-order chi connectivity index (χ0) is 27.1. The molecule has 2 aromatic rings. The Labute approximate surface area is 223 Å². The van der Waals surface area contributed by atoms with Gasteiger partial charge in [0.15, 0.2) is 17.0 Å². The minimum absolute atomic E-state index is 0.194. The van der Waals surface area contributed by atoms with Gasteiger partial charge in [-0.25, -0.2) is 0 Å². The van der Waals surface area contributed by atoms with Crippen molar-refractivity contribution in [3.8, 4) is 0 Å². The van der Waals surface area contributed by atoms with Crippen molar-refractivity contribution in [3.63, 3.8) is 0 Å². The Hall–Kier alpha value is -2.95. The van der Waals surface area contributed by atoms with Crippen LogP contribution in [-0.2, 0) is 4.79 Å². The lowest BCUT2D eigenvalue weighted by atomic mass is 9.72. The van der Waals surface area contributed by atoms with Gasteiger partial charge in [0.05, 0.1) is 0 Å². The number of hydrogen-bond donors (Lipinski definition) is 2. The minimum atomic E-state index is -1.75. The van der Waals surface area contributed by atoms with E-state index in [4.69, 9.17) is 11.5 Å². The summed E-state index contributed by atoms with van der Waals surface area (Å²) in [7, 11) is 0. The Kier molecular flexibility index (Phi) is 13.1. The van der Waals surface area contributed by atoms with Crippen molar-refractivity contribution in [3.05, 3.63) is 59.7 Å². The maximum Gasteiger partial charge on any atom is 0.183 e. The van der Waals surface area contributed by atoms with Crippen molar-refractivity contribution in [2.45, 2.75) is 97.3 Å². The van der Waals surface area contributed by atoms with Gasteiger partial charge in [-0.05, 0) is 60.9 Å². The van der Waals surface area contributed by atoms with Gasteiger partial charge in [-0.3, -0.25) is 9.59 Å². The highest BCUT2D eigenvalue weighted by Gasteiger charge is 2.45. The molecule has 0 fully saturated rings. The molecule has 0 unspecified atom stereocenters. The number of benzene rings is 2. The molecule has 0 aliphatic heterocycles. The molecule has 0 saturated carbocycles. The Bertz CT molecular complexity index is 907. The van der Waals surface area contributed by atoms with E-state index in [0.717, 1.165) is 25.2 Å². The lowest BCUT2D eigenvalue weighted by molar-refractivity contribution is -0.112. The first-order valence-corrected chi connectivity index (χ1v) is 14.1. The second-order valence-corrected chi connectivity index (χ2v) is 10.8. The predicted octanol–water partition coefficient (Wildman–Crippen LogP) is 7.83. The van der Waals surface area contributed by atoms with Crippen LogP contribution in [0.5, 0.6) is 0 Å². The predicted molar refractivity (Wildman–Crippen MR) is 154 cm³/mol. The molecule has 2 rings (SSSR count). The summed E-state index contributed by atoms with van der Waals surface area (Å²) in [5.74, 6) is -0.140. The molecule has 0 spiro atoms. The van der Waals surface area contributed by atoms with E-state index in [1.165, 1.54) is 51.4 Å². The van der Waals surface area contributed by atoms with Crippen LogP contribution in [0.1, 0.15) is 118 Å². The maximum atomic E-state index is 13.5. The summed E-state index contributed by atoms with van der Waals surface area (Å²) >= 11 is 0. The molecule has 0 amide bonds. The second-order valence-electron chi connectivity index (χ2n) is 10.8. The molecule has 0 heterocycles. The number of carbonyl (C=O) groups is 3. The smallest absolute Gasteiger partial charge is 0.183 e. The standard InChI is InChI=1S/C32H46N2O3/c1-25(2)14-12-10-8-6-4-3-5-7-9-11-13-23-32(24-35,30(36)26-15-19-28(33)20-16-26)31(37)27-17-21-29(34)22-18-27/h15-22,24-25H,3-14,23,33-34H2,1-2H3. The van der Waals surface area contributed by atoms with Gasteiger partial charge in [0.2, 0.25) is 0 Å². The monoisotopic (exact) mass is 506 g/mol. The van der Waals surface area contributed by atoms with Crippen molar-refractivity contribution < 1.29 is 14.4 Å². The number of nitrogen functional groups attached to an aromatic ring is 2. The quantitative estimate of drug-likeness (QED) is 0.0664. The molecule has 5 heteroatoms. The van der Waals surface area contributed by atoms with Gasteiger partial charge in [0, 0.05) is 22.5 Å². The second kappa shape index (κ2) is 16.0. The fraction of sp³-hybridized carbons (Fsp3) is 0.531. The first-order chi connectivity index (χ1) is 17.8. The van der Waals surface area contributed by atoms with Crippen LogP contribution in [0.15, 0.2) is 48.5 Å². The lowest BCUT2D eigenvalue weighted by Gasteiger charge is -2.25. The number of carbonyl (C=O) groups excluding carboxylic acids is 3. The molecule has 0 atom stereocenters. The van der Waals surface area contributed by atoms with Crippen LogP contribution in [0.25, 0.3) is 0 Å². The van der Waals surface area contributed by atoms with Crippen LogP contribution in [0, 0.1) is 11.3 Å². The molecule has 0 aromatic heterocycles. The van der Waals surface area contributed by atoms with Crippen LogP contribution in [0.3, 0.4) is 0 Å². The van der Waals surface area contributed by atoms with E-state index in [9.17, 15) is 14.4 Å². The van der Waals surface area contributed by atoms with E-state index < -0.39 is 17.0 Å². The third-order valence-electron chi connectivity index (χ3n) is 7.21. The maximum absolute atomic E-state index is 13.5. The number of aldehydes is 1. The van der Waals surface area contributed by atoms with Gasteiger partial charge in [-0.2, -0.15) is 0 Å². The number of rotatable bonds is 19. The molecule has 4 N–H and O–H groups in total. The molecule has 0 bridgehead atoms. The fourth-order valence-corrected chi connectivity index (χ4v) is 4.83.